The quantitative estimate of drug-likeness (QED) is 0.513. The lowest BCUT2D eigenvalue weighted by atomic mass is 10.1. The number of nitrogens with two attached hydrogens (primary N) is 1. The van der Waals surface area contributed by atoms with Crippen LogP contribution in [0.4, 0.5) is 5.69 Å². The fourth-order valence-electron chi connectivity index (χ4n) is 1.63. The van der Waals surface area contributed by atoms with E-state index in [1.54, 1.807) is 24.3 Å². The number of hydrazine groups is 1. The maximum Gasteiger partial charge on any atom is 0.251 e. The second kappa shape index (κ2) is 4.96. The summed E-state index contributed by atoms with van der Waals surface area (Å²) in [4.78, 5) is 11.8. The summed E-state index contributed by atoms with van der Waals surface area (Å²) in [7, 11) is 0. The van der Waals surface area contributed by atoms with Crippen molar-refractivity contribution >= 4 is 11.6 Å². The number of amides is 1. The van der Waals surface area contributed by atoms with E-state index in [9.17, 15) is 4.79 Å². The highest BCUT2D eigenvalue weighted by molar-refractivity contribution is 5.94. The normalized spacial score (nSPS) is 19.4. The Morgan fingerprint density at radius 3 is 2.69 bits per heavy atom. The molecule has 4 N–H and O–H groups in total. The third-order valence-electron chi connectivity index (χ3n) is 2.58. The number of benzene rings is 1. The van der Waals surface area contributed by atoms with Gasteiger partial charge in [-0.25, -0.2) is 0 Å². The van der Waals surface area contributed by atoms with Crippen LogP contribution in [0.1, 0.15) is 16.8 Å². The van der Waals surface area contributed by atoms with Gasteiger partial charge in [-0.2, -0.15) is 0 Å². The summed E-state index contributed by atoms with van der Waals surface area (Å²) in [6, 6.07) is 7.14. The fourth-order valence-corrected chi connectivity index (χ4v) is 1.63. The number of anilines is 1. The van der Waals surface area contributed by atoms with E-state index in [0.717, 1.165) is 18.7 Å². The second-order valence-electron chi connectivity index (χ2n) is 3.76. The van der Waals surface area contributed by atoms with E-state index in [1.165, 1.54) is 0 Å². The minimum Gasteiger partial charge on any atom is -0.379 e. The van der Waals surface area contributed by atoms with Crippen LogP contribution in [0, 0.1) is 0 Å². The third-order valence-corrected chi connectivity index (χ3v) is 2.58. The first-order valence-corrected chi connectivity index (χ1v) is 5.25. The average Bonchev–Trinajstić information content (AvgIpc) is 2.82. The summed E-state index contributed by atoms with van der Waals surface area (Å²) in [5.74, 6) is 5.17. The molecule has 5 nitrogen and oxygen atoms in total. The van der Waals surface area contributed by atoms with E-state index < -0.39 is 0 Å². The van der Waals surface area contributed by atoms with Gasteiger partial charge in [0, 0.05) is 17.9 Å². The Morgan fingerprint density at radius 2 is 2.12 bits per heavy atom. The van der Waals surface area contributed by atoms with Crippen LogP contribution in [0.5, 0.6) is 0 Å². The SMILES string of the molecule is NNc1ccc(C(=O)NC2CCOC2)cc1. The molecule has 1 heterocycles. The van der Waals surface area contributed by atoms with Crippen molar-refractivity contribution in [3.63, 3.8) is 0 Å². The molecule has 1 aliphatic heterocycles. The Bertz CT molecular complexity index is 358. The minimum absolute atomic E-state index is 0.0703. The molecule has 1 amide bonds. The van der Waals surface area contributed by atoms with Gasteiger partial charge in [0.1, 0.15) is 0 Å². The van der Waals surface area contributed by atoms with E-state index in [-0.39, 0.29) is 11.9 Å². The number of ether oxygens (including phenoxy) is 1. The van der Waals surface area contributed by atoms with Crippen molar-refractivity contribution in [1.29, 1.82) is 0 Å². The summed E-state index contributed by atoms with van der Waals surface area (Å²) in [6.07, 6.45) is 0.883. The third kappa shape index (κ3) is 2.50. The van der Waals surface area contributed by atoms with Gasteiger partial charge in [0.15, 0.2) is 0 Å². The van der Waals surface area contributed by atoms with Gasteiger partial charge in [-0.15, -0.1) is 0 Å². The van der Waals surface area contributed by atoms with Gasteiger partial charge >= 0.3 is 0 Å². The summed E-state index contributed by atoms with van der Waals surface area (Å²) in [6.45, 7) is 1.33. The minimum atomic E-state index is -0.0703. The lowest BCUT2D eigenvalue weighted by Gasteiger charge is -2.10. The van der Waals surface area contributed by atoms with E-state index in [2.05, 4.69) is 10.7 Å². The molecule has 0 radical (unpaired) electrons. The Labute approximate surface area is 93.9 Å². The van der Waals surface area contributed by atoms with Crippen molar-refractivity contribution in [3.8, 4) is 0 Å². The first kappa shape index (κ1) is 10.9. The number of hydrogen-bond donors (Lipinski definition) is 3. The molecular weight excluding hydrogens is 206 g/mol. The first-order chi connectivity index (χ1) is 7.79. The van der Waals surface area contributed by atoms with Crippen molar-refractivity contribution in [2.75, 3.05) is 18.6 Å². The highest BCUT2D eigenvalue weighted by atomic mass is 16.5. The van der Waals surface area contributed by atoms with Gasteiger partial charge < -0.3 is 15.5 Å². The number of carbonyl (C=O) groups is 1. The Balaban J connectivity index is 1.97. The molecule has 1 aromatic carbocycles. The maximum absolute atomic E-state index is 11.8. The van der Waals surface area contributed by atoms with Crippen LogP contribution in [-0.2, 0) is 4.74 Å². The Morgan fingerprint density at radius 1 is 1.38 bits per heavy atom. The van der Waals surface area contributed by atoms with Crippen LogP contribution >= 0.6 is 0 Å². The van der Waals surface area contributed by atoms with Crippen molar-refractivity contribution < 1.29 is 9.53 Å². The van der Waals surface area contributed by atoms with Gasteiger partial charge in [-0.3, -0.25) is 10.6 Å². The summed E-state index contributed by atoms with van der Waals surface area (Å²) in [5.41, 5.74) is 3.92. The Hall–Kier alpha value is -1.59. The molecule has 1 saturated heterocycles. The zero-order chi connectivity index (χ0) is 11.4. The topological polar surface area (TPSA) is 76.4 Å². The zero-order valence-electron chi connectivity index (χ0n) is 8.90. The average molecular weight is 221 g/mol. The molecule has 0 saturated carbocycles. The molecule has 5 heteroatoms. The molecule has 2 rings (SSSR count). The molecule has 1 aliphatic rings. The largest absolute Gasteiger partial charge is 0.379 e. The predicted octanol–water partition coefficient (Wildman–Crippen LogP) is 0.491. The molecule has 0 spiro atoms. The van der Waals surface area contributed by atoms with Gasteiger partial charge in [0.05, 0.1) is 12.6 Å². The Kier molecular flexibility index (Phi) is 3.38. The smallest absolute Gasteiger partial charge is 0.251 e. The highest BCUT2D eigenvalue weighted by Gasteiger charge is 2.18. The fraction of sp³-hybridized carbons (Fsp3) is 0.364. The van der Waals surface area contributed by atoms with Gasteiger partial charge in [0.2, 0.25) is 0 Å². The van der Waals surface area contributed by atoms with Gasteiger partial charge in [-0.05, 0) is 30.7 Å². The van der Waals surface area contributed by atoms with Crippen molar-refractivity contribution in [1.82, 2.24) is 5.32 Å². The zero-order valence-corrected chi connectivity index (χ0v) is 8.90. The standard InChI is InChI=1S/C11H15N3O2/c12-14-9-3-1-8(2-4-9)11(15)13-10-5-6-16-7-10/h1-4,10,14H,5-7,12H2,(H,13,15). The summed E-state index contributed by atoms with van der Waals surface area (Å²) in [5, 5.41) is 2.92. The highest BCUT2D eigenvalue weighted by Crippen LogP contribution is 2.09. The molecule has 1 aromatic rings. The predicted molar refractivity (Wildman–Crippen MR) is 60.9 cm³/mol. The molecule has 1 atom stereocenters. The summed E-state index contributed by atoms with van der Waals surface area (Å²) < 4.78 is 5.19. The number of nitrogens with one attached hydrogen (secondary N) is 2. The lowest BCUT2D eigenvalue weighted by molar-refractivity contribution is 0.0930. The van der Waals surface area contributed by atoms with Gasteiger partial charge in [-0.1, -0.05) is 0 Å². The van der Waals surface area contributed by atoms with Crippen LogP contribution < -0.4 is 16.6 Å². The number of hydrogen-bond acceptors (Lipinski definition) is 4. The van der Waals surface area contributed by atoms with Crippen LogP contribution in [0.2, 0.25) is 0 Å². The van der Waals surface area contributed by atoms with Crippen LogP contribution in [0.15, 0.2) is 24.3 Å². The lowest BCUT2D eigenvalue weighted by Crippen LogP contribution is -2.34. The van der Waals surface area contributed by atoms with Crippen LogP contribution in [-0.4, -0.2) is 25.2 Å². The van der Waals surface area contributed by atoms with E-state index in [1.807, 2.05) is 0 Å². The monoisotopic (exact) mass is 221 g/mol. The van der Waals surface area contributed by atoms with E-state index in [0.29, 0.717) is 12.2 Å². The molecule has 0 bridgehead atoms. The van der Waals surface area contributed by atoms with E-state index >= 15 is 0 Å². The van der Waals surface area contributed by atoms with Crippen LogP contribution in [0.3, 0.4) is 0 Å². The molecule has 16 heavy (non-hydrogen) atoms. The van der Waals surface area contributed by atoms with Gasteiger partial charge in [0.25, 0.3) is 5.91 Å². The maximum atomic E-state index is 11.8. The molecule has 1 unspecified atom stereocenters. The molecular formula is C11H15N3O2. The molecule has 86 valence electrons. The van der Waals surface area contributed by atoms with Crippen molar-refractivity contribution in [2.24, 2.45) is 5.84 Å². The second-order valence-corrected chi connectivity index (χ2v) is 3.76. The number of carbonyl (C=O) groups excluding carboxylic acids is 1. The molecule has 1 fully saturated rings. The number of nitrogen functional groups attached to an aromatic ring is 1. The van der Waals surface area contributed by atoms with Crippen molar-refractivity contribution in [2.45, 2.75) is 12.5 Å². The molecule has 0 aromatic heterocycles. The number of rotatable bonds is 3. The van der Waals surface area contributed by atoms with Crippen LogP contribution in [0.25, 0.3) is 0 Å². The summed E-state index contributed by atoms with van der Waals surface area (Å²) >= 11 is 0. The first-order valence-electron chi connectivity index (χ1n) is 5.25. The van der Waals surface area contributed by atoms with E-state index in [4.69, 9.17) is 10.6 Å². The van der Waals surface area contributed by atoms with Crippen molar-refractivity contribution in [3.05, 3.63) is 29.8 Å². The molecule has 0 aliphatic carbocycles.